The molecular weight excluding hydrogens is 200 g/mol. The van der Waals surface area contributed by atoms with E-state index in [0.717, 1.165) is 19.4 Å². The van der Waals surface area contributed by atoms with E-state index in [1.54, 1.807) is 0 Å². The molecule has 16 heavy (non-hydrogen) atoms. The van der Waals surface area contributed by atoms with E-state index in [1.165, 1.54) is 0 Å². The fourth-order valence-electron chi connectivity index (χ4n) is 0.950. The van der Waals surface area contributed by atoms with Crippen molar-refractivity contribution in [2.75, 3.05) is 6.54 Å². The quantitative estimate of drug-likeness (QED) is 0.727. The van der Waals surface area contributed by atoms with Crippen molar-refractivity contribution in [2.24, 2.45) is 0 Å². The van der Waals surface area contributed by atoms with Crippen LogP contribution < -0.4 is 5.32 Å². The summed E-state index contributed by atoms with van der Waals surface area (Å²) < 4.78 is 0. The summed E-state index contributed by atoms with van der Waals surface area (Å²) in [7, 11) is 0. The minimum atomic E-state index is 0.204. The first kappa shape index (κ1) is 14.2. The van der Waals surface area contributed by atoms with Gasteiger partial charge in [0.05, 0.1) is 6.07 Å². The normalized spacial score (nSPS) is 12.1. The van der Waals surface area contributed by atoms with E-state index < -0.39 is 0 Å². The van der Waals surface area contributed by atoms with Crippen LogP contribution in [-0.2, 0) is 4.79 Å². The Morgan fingerprint density at radius 3 is 1.81 bits per heavy atom. The lowest BCUT2D eigenvalue weighted by molar-refractivity contribution is -0.119. The molecule has 1 aliphatic rings. The Kier molecular flexibility index (Phi) is 9.98. The minimum Gasteiger partial charge on any atom is -0.356 e. The number of benzene rings is 1. The molecule has 1 saturated heterocycles. The summed E-state index contributed by atoms with van der Waals surface area (Å²) in [6.07, 6.45) is 2.39. The third-order valence-corrected chi connectivity index (χ3v) is 1.73. The van der Waals surface area contributed by atoms with Crippen LogP contribution in [0.1, 0.15) is 26.2 Å². The number of carbonyl (C=O) groups excluding carboxylic acids is 1. The third kappa shape index (κ3) is 10.3. The van der Waals surface area contributed by atoms with Crippen LogP contribution in [-0.4, -0.2) is 12.5 Å². The van der Waals surface area contributed by atoms with Crippen molar-refractivity contribution in [2.45, 2.75) is 26.2 Å². The van der Waals surface area contributed by atoms with Crippen LogP contribution in [0, 0.1) is 11.3 Å². The van der Waals surface area contributed by atoms with Gasteiger partial charge < -0.3 is 5.32 Å². The van der Waals surface area contributed by atoms with E-state index in [0.29, 0.717) is 6.42 Å². The van der Waals surface area contributed by atoms with Gasteiger partial charge in [0.2, 0.25) is 5.91 Å². The first-order chi connectivity index (χ1) is 7.81. The summed E-state index contributed by atoms with van der Waals surface area (Å²) in [5.74, 6) is 0.204. The fraction of sp³-hybridized carbons (Fsp3) is 0.385. The van der Waals surface area contributed by atoms with Crippen molar-refractivity contribution in [3.8, 4) is 6.07 Å². The van der Waals surface area contributed by atoms with Gasteiger partial charge in [-0.2, -0.15) is 5.26 Å². The van der Waals surface area contributed by atoms with Gasteiger partial charge in [-0.25, -0.2) is 0 Å². The van der Waals surface area contributed by atoms with Crippen molar-refractivity contribution < 1.29 is 4.79 Å². The maximum atomic E-state index is 10.1. The number of hydrogen-bond acceptors (Lipinski definition) is 2. The summed E-state index contributed by atoms with van der Waals surface area (Å²) in [5, 5.41) is 10.3. The van der Waals surface area contributed by atoms with E-state index in [2.05, 4.69) is 5.32 Å². The maximum Gasteiger partial charge on any atom is 0.220 e. The summed E-state index contributed by atoms with van der Waals surface area (Å²) in [6, 6.07) is 13.9. The lowest BCUT2D eigenvalue weighted by atomic mass is 10.4. The molecule has 2 rings (SSSR count). The molecule has 1 fully saturated rings. The maximum absolute atomic E-state index is 10.1. The number of nitriles is 1. The van der Waals surface area contributed by atoms with Crippen LogP contribution >= 0.6 is 0 Å². The molecule has 0 radical (unpaired) electrons. The molecule has 0 unspecified atom stereocenters. The molecule has 1 aliphatic heterocycles. The van der Waals surface area contributed by atoms with Crippen molar-refractivity contribution >= 4 is 5.91 Å². The second-order valence-corrected chi connectivity index (χ2v) is 3.12. The average Bonchev–Trinajstić information content (AvgIpc) is 2.84. The van der Waals surface area contributed by atoms with Crippen LogP contribution in [0.25, 0.3) is 0 Å². The zero-order valence-electron chi connectivity index (χ0n) is 9.65. The molecule has 1 amide bonds. The fourth-order valence-corrected chi connectivity index (χ4v) is 0.950. The summed E-state index contributed by atoms with van der Waals surface area (Å²) in [4.78, 5) is 10.1. The lowest BCUT2D eigenvalue weighted by Crippen LogP contribution is -2.12. The monoisotopic (exact) mass is 218 g/mol. The molecule has 0 saturated carbocycles. The Hall–Kier alpha value is -1.82. The Morgan fingerprint density at radius 1 is 1.25 bits per heavy atom. The molecule has 86 valence electrons. The standard InChI is InChI=1S/C6H6.C4H7NO.C3H5N/c1-2-4-6-5-3-1;6-4-2-1-3-5-4;1-2-3-4/h1-6H;1-3H2,(H,5,6);2H2,1H3. The number of rotatable bonds is 0. The second kappa shape index (κ2) is 11.3. The molecule has 1 aromatic rings. The molecule has 0 atom stereocenters. The van der Waals surface area contributed by atoms with Gasteiger partial charge >= 0.3 is 0 Å². The largest absolute Gasteiger partial charge is 0.356 e. The van der Waals surface area contributed by atoms with Gasteiger partial charge in [0, 0.05) is 19.4 Å². The molecule has 0 bridgehead atoms. The molecule has 0 aromatic heterocycles. The predicted molar refractivity (Wildman–Crippen MR) is 64.6 cm³/mol. The lowest BCUT2D eigenvalue weighted by Gasteiger charge is -1.80. The van der Waals surface area contributed by atoms with Crippen molar-refractivity contribution in [3.63, 3.8) is 0 Å². The van der Waals surface area contributed by atoms with Crippen LogP contribution in [0.3, 0.4) is 0 Å². The highest BCUT2D eigenvalue weighted by Gasteiger charge is 2.05. The minimum absolute atomic E-state index is 0.204. The van der Waals surface area contributed by atoms with E-state index in [4.69, 9.17) is 5.26 Å². The molecule has 1 aromatic carbocycles. The number of carbonyl (C=O) groups is 1. The van der Waals surface area contributed by atoms with Crippen molar-refractivity contribution in [1.29, 1.82) is 5.26 Å². The first-order valence-corrected chi connectivity index (χ1v) is 5.45. The highest BCUT2D eigenvalue weighted by atomic mass is 16.1. The van der Waals surface area contributed by atoms with Crippen LogP contribution in [0.15, 0.2) is 36.4 Å². The summed E-state index contributed by atoms with van der Waals surface area (Å²) in [5.41, 5.74) is 0. The van der Waals surface area contributed by atoms with E-state index >= 15 is 0 Å². The molecule has 1 heterocycles. The molecule has 3 nitrogen and oxygen atoms in total. The summed E-state index contributed by atoms with van der Waals surface area (Å²) in [6.45, 7) is 2.71. The van der Waals surface area contributed by atoms with Crippen LogP contribution in [0.5, 0.6) is 0 Å². The molecule has 1 N–H and O–H groups in total. The Labute approximate surface area is 97.1 Å². The predicted octanol–water partition coefficient (Wildman–Crippen LogP) is 2.50. The molecular formula is C13H18N2O. The number of nitrogens with one attached hydrogen (secondary N) is 1. The topological polar surface area (TPSA) is 52.9 Å². The second-order valence-electron chi connectivity index (χ2n) is 3.12. The molecule has 0 aliphatic carbocycles. The summed E-state index contributed by atoms with van der Waals surface area (Å²) >= 11 is 0. The number of amides is 1. The van der Waals surface area contributed by atoms with E-state index in [9.17, 15) is 4.79 Å². The van der Waals surface area contributed by atoms with Crippen LogP contribution in [0.4, 0.5) is 0 Å². The molecule has 0 spiro atoms. The zero-order chi connectivity index (χ0) is 12.1. The molecule has 3 heteroatoms. The smallest absolute Gasteiger partial charge is 0.220 e. The van der Waals surface area contributed by atoms with Gasteiger partial charge in [0.25, 0.3) is 0 Å². The van der Waals surface area contributed by atoms with Crippen molar-refractivity contribution in [3.05, 3.63) is 36.4 Å². The van der Waals surface area contributed by atoms with Crippen molar-refractivity contribution in [1.82, 2.24) is 5.32 Å². The van der Waals surface area contributed by atoms with E-state index in [-0.39, 0.29) is 5.91 Å². The average molecular weight is 218 g/mol. The number of hydrogen-bond donors (Lipinski definition) is 1. The Balaban J connectivity index is 0.000000217. The van der Waals surface area contributed by atoms with Gasteiger partial charge in [-0.05, 0) is 6.42 Å². The van der Waals surface area contributed by atoms with Gasteiger partial charge in [-0.3, -0.25) is 4.79 Å². The van der Waals surface area contributed by atoms with Gasteiger partial charge in [0.15, 0.2) is 0 Å². The first-order valence-electron chi connectivity index (χ1n) is 5.45. The third-order valence-electron chi connectivity index (χ3n) is 1.73. The highest BCUT2D eigenvalue weighted by molar-refractivity contribution is 5.77. The van der Waals surface area contributed by atoms with Gasteiger partial charge in [-0.1, -0.05) is 43.3 Å². The van der Waals surface area contributed by atoms with Gasteiger partial charge in [-0.15, -0.1) is 0 Å². The van der Waals surface area contributed by atoms with E-state index in [1.807, 2.05) is 49.4 Å². The zero-order valence-corrected chi connectivity index (χ0v) is 9.65. The SMILES string of the molecule is CCC#N.O=C1CCCN1.c1ccccc1. The Bertz CT molecular complexity index is 269. The van der Waals surface area contributed by atoms with Gasteiger partial charge in [0.1, 0.15) is 0 Å². The van der Waals surface area contributed by atoms with Crippen LogP contribution in [0.2, 0.25) is 0 Å². The highest BCUT2D eigenvalue weighted by Crippen LogP contribution is 1.93. The number of nitrogens with zero attached hydrogens (tertiary/aromatic N) is 1. The Morgan fingerprint density at radius 2 is 1.69 bits per heavy atom.